The molecule has 0 saturated carbocycles. The Labute approximate surface area is 103 Å². The smallest absolute Gasteiger partial charge is 0.0505 e. The number of nitrogens with zero attached hydrogens (tertiary/aromatic N) is 1. The second-order valence-corrected chi connectivity index (χ2v) is 4.30. The van der Waals surface area contributed by atoms with Crippen LogP contribution in [0.2, 0.25) is 0 Å². The van der Waals surface area contributed by atoms with Crippen LogP contribution in [0.5, 0.6) is 0 Å². The van der Waals surface area contributed by atoms with Crippen molar-refractivity contribution in [3.05, 3.63) is 65.5 Å². The Hall–Kier alpha value is -1.80. The molecule has 0 unspecified atom stereocenters. The lowest BCUT2D eigenvalue weighted by Gasteiger charge is -2.24. The van der Waals surface area contributed by atoms with Gasteiger partial charge in [0, 0.05) is 5.70 Å². The molecule has 0 fully saturated rings. The highest BCUT2D eigenvalue weighted by Crippen LogP contribution is 2.26. The standard InChI is InChI=1S/C15H18N2/c1-4-13-6-5-7-14(10-13)15-8-11(2)17(16)12(3)9-15/h5-10H,2,4,16H2,1,3H3. The molecule has 1 aromatic carbocycles. The summed E-state index contributed by atoms with van der Waals surface area (Å²) >= 11 is 0. The third-order valence-corrected chi connectivity index (χ3v) is 3.04. The van der Waals surface area contributed by atoms with Gasteiger partial charge in [-0.15, -0.1) is 0 Å². The molecular formula is C15H18N2. The van der Waals surface area contributed by atoms with E-state index in [9.17, 15) is 0 Å². The number of hydrogen-bond donors (Lipinski definition) is 1. The molecule has 2 rings (SSSR count). The molecule has 88 valence electrons. The van der Waals surface area contributed by atoms with Crippen molar-refractivity contribution in [2.24, 2.45) is 5.84 Å². The zero-order chi connectivity index (χ0) is 12.4. The summed E-state index contributed by atoms with van der Waals surface area (Å²) in [5.41, 5.74) is 5.56. The second-order valence-electron chi connectivity index (χ2n) is 4.30. The Morgan fingerprint density at radius 2 is 2.06 bits per heavy atom. The molecule has 1 aromatic rings. The Kier molecular flexibility index (Phi) is 3.16. The van der Waals surface area contributed by atoms with Crippen LogP contribution in [0.25, 0.3) is 5.57 Å². The molecule has 17 heavy (non-hydrogen) atoms. The van der Waals surface area contributed by atoms with Gasteiger partial charge in [-0.05, 0) is 42.2 Å². The van der Waals surface area contributed by atoms with Crippen LogP contribution in [0.3, 0.4) is 0 Å². The van der Waals surface area contributed by atoms with Crippen LogP contribution in [0.1, 0.15) is 25.0 Å². The fourth-order valence-electron chi connectivity index (χ4n) is 1.95. The third-order valence-electron chi connectivity index (χ3n) is 3.04. The normalized spacial score (nSPS) is 15.7. The summed E-state index contributed by atoms with van der Waals surface area (Å²) in [6.07, 6.45) is 5.15. The highest BCUT2D eigenvalue weighted by atomic mass is 15.4. The molecule has 1 heterocycles. The maximum atomic E-state index is 5.84. The molecule has 2 nitrogen and oxygen atoms in total. The van der Waals surface area contributed by atoms with E-state index in [-0.39, 0.29) is 0 Å². The third kappa shape index (κ3) is 2.32. The van der Waals surface area contributed by atoms with Crippen molar-refractivity contribution in [1.29, 1.82) is 0 Å². The van der Waals surface area contributed by atoms with E-state index in [1.165, 1.54) is 16.7 Å². The van der Waals surface area contributed by atoms with Crippen LogP contribution in [-0.2, 0) is 6.42 Å². The zero-order valence-corrected chi connectivity index (χ0v) is 10.4. The molecule has 0 aliphatic carbocycles. The Balaban J connectivity index is 2.41. The number of hydrazine groups is 1. The number of benzene rings is 1. The fraction of sp³-hybridized carbons (Fsp3) is 0.200. The monoisotopic (exact) mass is 226 g/mol. The van der Waals surface area contributed by atoms with Gasteiger partial charge in [-0.25, -0.2) is 5.84 Å². The van der Waals surface area contributed by atoms with Gasteiger partial charge in [0.25, 0.3) is 0 Å². The SMILES string of the molecule is C=C1C=C(c2cccc(CC)c2)C=C(C)N1N. The minimum absolute atomic E-state index is 0.821. The van der Waals surface area contributed by atoms with Gasteiger partial charge >= 0.3 is 0 Å². The van der Waals surface area contributed by atoms with Crippen LogP contribution in [0.15, 0.2) is 54.4 Å². The van der Waals surface area contributed by atoms with Crippen molar-refractivity contribution in [3.8, 4) is 0 Å². The van der Waals surface area contributed by atoms with Crippen LogP contribution in [0.4, 0.5) is 0 Å². The number of hydrogen-bond acceptors (Lipinski definition) is 2. The molecule has 0 amide bonds. The average Bonchev–Trinajstić information content (AvgIpc) is 2.35. The van der Waals surface area contributed by atoms with E-state index in [1.807, 2.05) is 13.0 Å². The predicted octanol–water partition coefficient (Wildman–Crippen LogP) is 3.24. The summed E-state index contributed by atoms with van der Waals surface area (Å²) in [4.78, 5) is 0. The Morgan fingerprint density at radius 3 is 2.71 bits per heavy atom. The molecule has 0 radical (unpaired) electrons. The van der Waals surface area contributed by atoms with Crippen molar-refractivity contribution in [1.82, 2.24) is 5.01 Å². The lowest BCUT2D eigenvalue weighted by Crippen LogP contribution is -2.28. The first-order chi connectivity index (χ1) is 8.11. The van der Waals surface area contributed by atoms with Gasteiger partial charge in [0.2, 0.25) is 0 Å². The number of rotatable bonds is 2. The first-order valence-electron chi connectivity index (χ1n) is 5.85. The van der Waals surface area contributed by atoms with Crippen LogP contribution in [0, 0.1) is 0 Å². The minimum Gasteiger partial charge on any atom is -0.285 e. The summed E-state index contributed by atoms with van der Waals surface area (Å²) in [7, 11) is 0. The van der Waals surface area contributed by atoms with E-state index >= 15 is 0 Å². The van der Waals surface area contributed by atoms with Gasteiger partial charge in [0.15, 0.2) is 0 Å². The molecule has 0 aromatic heterocycles. The second kappa shape index (κ2) is 4.60. The van der Waals surface area contributed by atoms with Crippen molar-refractivity contribution < 1.29 is 0 Å². The van der Waals surface area contributed by atoms with Crippen LogP contribution >= 0.6 is 0 Å². The fourth-order valence-corrected chi connectivity index (χ4v) is 1.95. The quantitative estimate of drug-likeness (QED) is 0.784. The summed E-state index contributed by atoms with van der Waals surface area (Å²) in [6, 6.07) is 8.58. The lowest BCUT2D eigenvalue weighted by atomic mass is 9.98. The molecule has 0 saturated heterocycles. The van der Waals surface area contributed by atoms with Crippen molar-refractivity contribution in [2.75, 3.05) is 0 Å². The summed E-state index contributed by atoms with van der Waals surface area (Å²) in [5.74, 6) is 5.84. The van der Waals surface area contributed by atoms with E-state index in [0.717, 1.165) is 17.8 Å². The van der Waals surface area contributed by atoms with E-state index in [4.69, 9.17) is 5.84 Å². The molecular weight excluding hydrogens is 208 g/mol. The molecule has 0 bridgehead atoms. The van der Waals surface area contributed by atoms with E-state index in [1.54, 1.807) is 5.01 Å². The molecule has 1 aliphatic heterocycles. The summed E-state index contributed by atoms with van der Waals surface area (Å²) in [6.45, 7) is 8.10. The summed E-state index contributed by atoms with van der Waals surface area (Å²) < 4.78 is 0. The molecule has 0 atom stereocenters. The van der Waals surface area contributed by atoms with E-state index in [0.29, 0.717) is 0 Å². The van der Waals surface area contributed by atoms with Gasteiger partial charge in [-0.1, -0.05) is 37.8 Å². The molecule has 2 N–H and O–H groups in total. The number of aryl methyl sites for hydroxylation is 1. The zero-order valence-electron chi connectivity index (χ0n) is 10.4. The topological polar surface area (TPSA) is 29.3 Å². The predicted molar refractivity (Wildman–Crippen MR) is 72.7 cm³/mol. The van der Waals surface area contributed by atoms with Crippen molar-refractivity contribution >= 4 is 5.57 Å². The van der Waals surface area contributed by atoms with Crippen molar-refractivity contribution in [3.63, 3.8) is 0 Å². The molecule has 0 spiro atoms. The largest absolute Gasteiger partial charge is 0.285 e. The van der Waals surface area contributed by atoms with Gasteiger partial charge in [-0.2, -0.15) is 0 Å². The van der Waals surface area contributed by atoms with Gasteiger partial charge < -0.3 is 0 Å². The Morgan fingerprint density at radius 1 is 1.29 bits per heavy atom. The van der Waals surface area contributed by atoms with Gasteiger partial charge in [0.05, 0.1) is 5.70 Å². The lowest BCUT2D eigenvalue weighted by molar-refractivity contribution is 0.464. The maximum absolute atomic E-state index is 5.84. The van der Waals surface area contributed by atoms with Crippen molar-refractivity contribution in [2.45, 2.75) is 20.3 Å². The number of nitrogens with two attached hydrogens (primary N) is 1. The first kappa shape index (κ1) is 11.7. The van der Waals surface area contributed by atoms with Gasteiger partial charge in [0.1, 0.15) is 0 Å². The Bertz CT molecular complexity index is 509. The van der Waals surface area contributed by atoms with Crippen LogP contribution in [-0.4, -0.2) is 5.01 Å². The van der Waals surface area contributed by atoms with E-state index in [2.05, 4.69) is 43.8 Å². The molecule has 1 aliphatic rings. The summed E-state index contributed by atoms with van der Waals surface area (Å²) in [5, 5.41) is 1.60. The van der Waals surface area contributed by atoms with Crippen LogP contribution < -0.4 is 5.84 Å². The minimum atomic E-state index is 0.821. The highest BCUT2D eigenvalue weighted by molar-refractivity contribution is 5.78. The number of allylic oxidation sites excluding steroid dienone is 4. The van der Waals surface area contributed by atoms with E-state index < -0.39 is 0 Å². The maximum Gasteiger partial charge on any atom is 0.0505 e. The highest BCUT2D eigenvalue weighted by Gasteiger charge is 2.11. The first-order valence-corrected chi connectivity index (χ1v) is 5.85. The average molecular weight is 226 g/mol. The molecule has 2 heteroatoms. The van der Waals surface area contributed by atoms with Gasteiger partial charge in [-0.3, -0.25) is 5.01 Å².